The molecule has 0 radical (unpaired) electrons. The fraction of sp³-hybridized carbons (Fsp3) is 0.143. The number of benzene rings is 1. The van der Waals surface area contributed by atoms with E-state index in [4.69, 9.17) is 16.3 Å². The van der Waals surface area contributed by atoms with Crippen molar-refractivity contribution in [1.82, 2.24) is 16.0 Å². The van der Waals surface area contributed by atoms with Crippen LogP contribution in [-0.2, 0) is 9.53 Å². The Morgan fingerprint density at radius 3 is 2.52 bits per heavy atom. The van der Waals surface area contributed by atoms with Gasteiger partial charge < -0.3 is 9.26 Å². The fourth-order valence-electron chi connectivity index (χ4n) is 1.50. The van der Waals surface area contributed by atoms with Crippen molar-refractivity contribution in [1.29, 1.82) is 0 Å². The van der Waals surface area contributed by atoms with Gasteiger partial charge in [-0.3, -0.25) is 20.4 Å². The van der Waals surface area contributed by atoms with E-state index in [1.54, 1.807) is 19.1 Å². The molecule has 9 heteroatoms. The SMILES string of the molecule is Cc1cc(C(=O)OCC(=O)NNC(=O)c2ccc(Cl)cc2)on1. The molecule has 1 heterocycles. The summed E-state index contributed by atoms with van der Waals surface area (Å²) in [7, 11) is 0. The first-order valence-electron chi connectivity index (χ1n) is 6.41. The zero-order chi connectivity index (χ0) is 16.8. The number of esters is 1. The van der Waals surface area contributed by atoms with Crippen molar-refractivity contribution in [3.05, 3.63) is 52.4 Å². The lowest BCUT2D eigenvalue weighted by atomic mass is 10.2. The summed E-state index contributed by atoms with van der Waals surface area (Å²) in [4.78, 5) is 34.7. The number of nitrogens with zero attached hydrogens (tertiary/aromatic N) is 1. The maximum atomic E-state index is 11.7. The van der Waals surface area contributed by atoms with Crippen molar-refractivity contribution in [2.45, 2.75) is 6.92 Å². The highest BCUT2D eigenvalue weighted by molar-refractivity contribution is 6.30. The molecule has 0 aliphatic carbocycles. The molecule has 23 heavy (non-hydrogen) atoms. The van der Waals surface area contributed by atoms with Crippen LogP contribution in [0.4, 0.5) is 0 Å². The minimum absolute atomic E-state index is 0.111. The molecule has 8 nitrogen and oxygen atoms in total. The largest absolute Gasteiger partial charge is 0.450 e. The lowest BCUT2D eigenvalue weighted by Gasteiger charge is -2.07. The summed E-state index contributed by atoms with van der Waals surface area (Å²) >= 11 is 5.70. The Bertz CT molecular complexity index is 726. The topological polar surface area (TPSA) is 111 Å². The van der Waals surface area contributed by atoms with E-state index in [1.165, 1.54) is 18.2 Å². The number of ether oxygens (including phenoxy) is 1. The average molecular weight is 338 g/mol. The predicted molar refractivity (Wildman–Crippen MR) is 78.6 cm³/mol. The normalized spacial score (nSPS) is 10.0. The number of carbonyl (C=O) groups excluding carboxylic acids is 3. The van der Waals surface area contributed by atoms with Crippen molar-refractivity contribution in [3.63, 3.8) is 0 Å². The van der Waals surface area contributed by atoms with E-state index in [9.17, 15) is 14.4 Å². The van der Waals surface area contributed by atoms with Gasteiger partial charge in [0, 0.05) is 16.7 Å². The number of rotatable bonds is 4. The lowest BCUT2D eigenvalue weighted by Crippen LogP contribution is -2.43. The van der Waals surface area contributed by atoms with Crippen LogP contribution in [0.25, 0.3) is 0 Å². The van der Waals surface area contributed by atoms with Gasteiger partial charge in [-0.2, -0.15) is 0 Å². The number of nitrogens with one attached hydrogen (secondary N) is 2. The molecule has 0 atom stereocenters. The highest BCUT2D eigenvalue weighted by atomic mass is 35.5. The summed E-state index contributed by atoms with van der Waals surface area (Å²) in [6.45, 7) is 1.05. The van der Waals surface area contributed by atoms with Crippen LogP contribution in [0.2, 0.25) is 5.02 Å². The smallest absolute Gasteiger partial charge is 0.377 e. The van der Waals surface area contributed by atoms with Gasteiger partial charge in [0.15, 0.2) is 6.61 Å². The summed E-state index contributed by atoms with van der Waals surface area (Å²) in [5.74, 6) is -2.19. The molecule has 120 valence electrons. The number of hydrogen-bond donors (Lipinski definition) is 2. The molecule has 2 N–H and O–H groups in total. The second-order valence-corrected chi connectivity index (χ2v) is 4.85. The van der Waals surface area contributed by atoms with Crippen LogP contribution in [0.5, 0.6) is 0 Å². The molecule has 0 aliphatic heterocycles. The van der Waals surface area contributed by atoms with Crippen molar-refractivity contribution < 1.29 is 23.6 Å². The predicted octanol–water partition coefficient (Wildman–Crippen LogP) is 1.25. The number of hydrazine groups is 1. The molecule has 0 saturated heterocycles. The van der Waals surface area contributed by atoms with E-state index in [-0.39, 0.29) is 5.76 Å². The molecule has 0 aliphatic rings. The van der Waals surface area contributed by atoms with Crippen LogP contribution in [0.3, 0.4) is 0 Å². The summed E-state index contributed by atoms with van der Waals surface area (Å²) in [6, 6.07) is 7.45. The monoisotopic (exact) mass is 337 g/mol. The van der Waals surface area contributed by atoms with Crippen LogP contribution in [0.15, 0.2) is 34.9 Å². The van der Waals surface area contributed by atoms with E-state index in [0.717, 1.165) is 0 Å². The Kier molecular flexibility index (Phi) is 5.32. The maximum Gasteiger partial charge on any atom is 0.377 e. The third kappa shape index (κ3) is 4.82. The number of hydrogen-bond acceptors (Lipinski definition) is 6. The van der Waals surface area contributed by atoms with Gasteiger partial charge in [-0.15, -0.1) is 0 Å². The molecule has 0 unspecified atom stereocenters. The van der Waals surface area contributed by atoms with Gasteiger partial charge in [0.05, 0.1) is 5.69 Å². The van der Waals surface area contributed by atoms with Crippen molar-refractivity contribution in [2.75, 3.05) is 6.61 Å². The third-order valence-electron chi connectivity index (χ3n) is 2.59. The molecular weight excluding hydrogens is 326 g/mol. The molecule has 1 aromatic heterocycles. The maximum absolute atomic E-state index is 11.7. The summed E-state index contributed by atoms with van der Waals surface area (Å²) < 4.78 is 9.39. The number of aryl methyl sites for hydroxylation is 1. The zero-order valence-corrected chi connectivity index (χ0v) is 12.7. The van der Waals surface area contributed by atoms with Crippen LogP contribution in [0.1, 0.15) is 26.6 Å². The second-order valence-electron chi connectivity index (χ2n) is 4.42. The van der Waals surface area contributed by atoms with Gasteiger partial charge in [-0.25, -0.2) is 4.79 Å². The summed E-state index contributed by atoms with van der Waals surface area (Å²) in [6.07, 6.45) is 0. The van der Waals surface area contributed by atoms with E-state index in [0.29, 0.717) is 16.3 Å². The number of amides is 2. The van der Waals surface area contributed by atoms with Gasteiger partial charge in [0.1, 0.15) is 0 Å². The minimum Gasteiger partial charge on any atom is -0.450 e. The van der Waals surface area contributed by atoms with Crippen molar-refractivity contribution in [2.24, 2.45) is 0 Å². The third-order valence-corrected chi connectivity index (χ3v) is 2.84. The van der Waals surface area contributed by atoms with Gasteiger partial charge in [-0.05, 0) is 31.2 Å². The van der Waals surface area contributed by atoms with Crippen molar-refractivity contribution >= 4 is 29.4 Å². The van der Waals surface area contributed by atoms with E-state index in [2.05, 4.69) is 20.5 Å². The summed E-state index contributed by atoms with van der Waals surface area (Å²) in [5.41, 5.74) is 5.11. The first-order chi connectivity index (χ1) is 11.0. The quantitative estimate of drug-likeness (QED) is 0.641. The Morgan fingerprint density at radius 2 is 1.91 bits per heavy atom. The van der Waals surface area contributed by atoms with E-state index in [1.807, 2.05) is 0 Å². The minimum atomic E-state index is -0.829. The van der Waals surface area contributed by atoms with Gasteiger partial charge in [0.2, 0.25) is 5.76 Å². The van der Waals surface area contributed by atoms with Gasteiger partial charge in [0.25, 0.3) is 11.8 Å². The molecule has 0 spiro atoms. The second kappa shape index (κ2) is 7.41. The first-order valence-corrected chi connectivity index (χ1v) is 6.78. The Hall–Kier alpha value is -2.87. The Balaban J connectivity index is 1.75. The van der Waals surface area contributed by atoms with Gasteiger partial charge >= 0.3 is 5.97 Å². The highest BCUT2D eigenvalue weighted by Crippen LogP contribution is 2.09. The number of aromatic nitrogens is 1. The van der Waals surface area contributed by atoms with Crippen LogP contribution < -0.4 is 10.9 Å². The molecule has 0 fully saturated rings. The standard InChI is InChI=1S/C14H12ClN3O5/c1-8-6-11(23-18-8)14(21)22-7-12(19)16-17-13(20)9-2-4-10(15)5-3-9/h2-6H,7H2,1H3,(H,16,19)(H,17,20). The molecule has 2 amide bonds. The van der Waals surface area contributed by atoms with Crippen LogP contribution >= 0.6 is 11.6 Å². The van der Waals surface area contributed by atoms with E-state index >= 15 is 0 Å². The Morgan fingerprint density at radius 1 is 1.22 bits per heavy atom. The number of halogens is 1. The average Bonchev–Trinajstić information content (AvgIpc) is 2.97. The molecule has 0 saturated carbocycles. The van der Waals surface area contributed by atoms with Gasteiger partial charge in [-0.1, -0.05) is 16.8 Å². The molecular formula is C14H12ClN3O5. The molecule has 1 aromatic carbocycles. The fourth-order valence-corrected chi connectivity index (χ4v) is 1.62. The van der Waals surface area contributed by atoms with Crippen LogP contribution in [0, 0.1) is 6.92 Å². The molecule has 0 bridgehead atoms. The number of carbonyl (C=O) groups is 3. The highest BCUT2D eigenvalue weighted by Gasteiger charge is 2.15. The summed E-state index contributed by atoms with van der Waals surface area (Å²) in [5, 5.41) is 4.01. The molecule has 2 aromatic rings. The zero-order valence-electron chi connectivity index (χ0n) is 12.0. The van der Waals surface area contributed by atoms with Crippen molar-refractivity contribution in [3.8, 4) is 0 Å². The first kappa shape index (κ1) is 16.5. The molecule has 2 rings (SSSR count). The Labute approximate surface area is 135 Å². The van der Waals surface area contributed by atoms with Crippen LogP contribution in [-0.4, -0.2) is 29.5 Å². The van der Waals surface area contributed by atoms with E-state index < -0.39 is 24.4 Å². The lowest BCUT2D eigenvalue weighted by molar-refractivity contribution is -0.125.